The highest BCUT2D eigenvalue weighted by Crippen LogP contribution is 2.30. The van der Waals surface area contributed by atoms with E-state index in [0.29, 0.717) is 21.7 Å². The minimum atomic E-state index is -0.240. The Morgan fingerprint density at radius 1 is 1.06 bits per heavy atom. The maximum absolute atomic E-state index is 13.3. The van der Waals surface area contributed by atoms with Crippen molar-refractivity contribution >= 4 is 44.7 Å². The van der Waals surface area contributed by atoms with Gasteiger partial charge < -0.3 is 0 Å². The second kappa shape index (κ2) is 8.01. The molecular weight excluding hydrogens is 428 g/mol. The molecule has 5 aromatic rings. The van der Waals surface area contributed by atoms with Gasteiger partial charge in [0.1, 0.15) is 5.69 Å². The van der Waals surface area contributed by atoms with Gasteiger partial charge in [-0.05, 0) is 43.5 Å². The van der Waals surface area contributed by atoms with E-state index in [9.17, 15) is 4.79 Å². The lowest BCUT2D eigenvalue weighted by molar-refractivity contribution is 0.102. The van der Waals surface area contributed by atoms with Gasteiger partial charge in [0.25, 0.3) is 5.91 Å². The molecule has 0 aliphatic carbocycles. The largest absolute Gasteiger partial charge is 0.298 e. The molecule has 1 N–H and O–H groups in total. The lowest BCUT2D eigenvalue weighted by atomic mass is 10.1. The van der Waals surface area contributed by atoms with Gasteiger partial charge in [-0.3, -0.25) is 15.1 Å². The van der Waals surface area contributed by atoms with Crippen molar-refractivity contribution in [1.29, 1.82) is 0 Å². The zero-order valence-electron chi connectivity index (χ0n) is 16.8. The topological polar surface area (TPSA) is 85.6 Å². The summed E-state index contributed by atoms with van der Waals surface area (Å²) >= 11 is 2.95. The van der Waals surface area contributed by atoms with Gasteiger partial charge in [-0.1, -0.05) is 12.1 Å². The predicted octanol–water partition coefficient (Wildman–Crippen LogP) is 5.51. The second-order valence-corrected chi connectivity index (χ2v) is 8.97. The number of nitrogens with zero attached hydrogens (tertiary/aromatic N) is 5. The number of amides is 1. The Morgan fingerprint density at radius 2 is 1.97 bits per heavy atom. The summed E-state index contributed by atoms with van der Waals surface area (Å²) in [6.07, 6.45) is 3.43. The fraction of sp³-hybridized carbons (Fsp3) is 0.136. The molecule has 0 aliphatic heterocycles. The number of anilines is 1. The van der Waals surface area contributed by atoms with Crippen molar-refractivity contribution in [3.8, 4) is 22.0 Å². The number of thiazole rings is 1. The molecule has 0 aliphatic rings. The third-order valence-electron chi connectivity index (χ3n) is 4.73. The average Bonchev–Trinajstić information content (AvgIpc) is 3.53. The molecule has 0 saturated heterocycles. The molecule has 5 rings (SSSR count). The maximum Gasteiger partial charge on any atom is 0.258 e. The Morgan fingerprint density at radius 3 is 2.71 bits per heavy atom. The van der Waals surface area contributed by atoms with Crippen LogP contribution in [0.15, 0.2) is 59.6 Å². The van der Waals surface area contributed by atoms with E-state index in [0.717, 1.165) is 22.0 Å². The molecule has 0 atom stereocenters. The summed E-state index contributed by atoms with van der Waals surface area (Å²) < 4.78 is 1.84. The number of aromatic nitrogens is 5. The number of hydrogen-bond donors (Lipinski definition) is 1. The molecule has 0 radical (unpaired) electrons. The molecule has 5 heterocycles. The van der Waals surface area contributed by atoms with Crippen LogP contribution in [0.4, 0.5) is 5.13 Å². The van der Waals surface area contributed by atoms with Crippen LogP contribution in [0.1, 0.15) is 30.2 Å². The number of carbonyl (C=O) groups is 1. The van der Waals surface area contributed by atoms with Gasteiger partial charge in [0.05, 0.1) is 33.4 Å². The monoisotopic (exact) mass is 446 g/mol. The third kappa shape index (κ3) is 3.73. The molecule has 0 aromatic carbocycles. The lowest BCUT2D eigenvalue weighted by Crippen LogP contribution is -2.13. The molecule has 0 spiro atoms. The molecule has 154 valence electrons. The van der Waals surface area contributed by atoms with Crippen molar-refractivity contribution in [2.24, 2.45) is 0 Å². The number of rotatable bonds is 5. The number of carbonyl (C=O) groups excluding carboxylic acids is 1. The Balaban J connectivity index is 1.53. The van der Waals surface area contributed by atoms with Crippen LogP contribution in [0.3, 0.4) is 0 Å². The zero-order chi connectivity index (χ0) is 21.4. The van der Waals surface area contributed by atoms with Gasteiger partial charge in [0.2, 0.25) is 0 Å². The first-order valence-corrected chi connectivity index (χ1v) is 11.5. The van der Waals surface area contributed by atoms with Crippen molar-refractivity contribution in [3.05, 3.63) is 65.1 Å². The molecule has 0 fully saturated rings. The van der Waals surface area contributed by atoms with Gasteiger partial charge in [-0.15, -0.1) is 22.7 Å². The van der Waals surface area contributed by atoms with Crippen LogP contribution in [-0.4, -0.2) is 30.6 Å². The molecule has 0 saturated carbocycles. The molecule has 0 bridgehead atoms. The SMILES string of the molecule is CC(C)n1ncc2c(C(=O)Nc3nc(-c4ccccn4)cs3)cc(-c3cccs3)nc21. The first-order chi connectivity index (χ1) is 15.1. The fourth-order valence-corrected chi connectivity index (χ4v) is 4.65. The molecule has 31 heavy (non-hydrogen) atoms. The Bertz CT molecular complexity index is 1360. The quantitative estimate of drug-likeness (QED) is 0.385. The summed E-state index contributed by atoms with van der Waals surface area (Å²) in [4.78, 5) is 27.9. The Hall–Kier alpha value is -3.43. The van der Waals surface area contributed by atoms with Crippen molar-refractivity contribution in [1.82, 2.24) is 24.7 Å². The Labute approximate surface area is 186 Å². The minimum Gasteiger partial charge on any atom is -0.298 e. The van der Waals surface area contributed by atoms with E-state index >= 15 is 0 Å². The molecule has 1 amide bonds. The van der Waals surface area contributed by atoms with Crippen molar-refractivity contribution < 1.29 is 4.79 Å². The summed E-state index contributed by atoms with van der Waals surface area (Å²) in [6.45, 7) is 4.08. The highest BCUT2D eigenvalue weighted by Gasteiger charge is 2.20. The van der Waals surface area contributed by atoms with Crippen LogP contribution in [0, 0.1) is 0 Å². The second-order valence-electron chi connectivity index (χ2n) is 7.16. The third-order valence-corrected chi connectivity index (χ3v) is 6.38. The molecule has 9 heteroatoms. The number of nitrogens with one attached hydrogen (secondary N) is 1. The summed E-state index contributed by atoms with van der Waals surface area (Å²) in [7, 11) is 0. The normalized spacial score (nSPS) is 11.3. The molecule has 0 unspecified atom stereocenters. The summed E-state index contributed by atoms with van der Waals surface area (Å²) in [5.41, 5.74) is 3.47. The van der Waals surface area contributed by atoms with Crippen molar-refractivity contribution in [2.75, 3.05) is 5.32 Å². The van der Waals surface area contributed by atoms with E-state index in [-0.39, 0.29) is 11.9 Å². The summed E-state index contributed by atoms with van der Waals surface area (Å²) in [6, 6.07) is 11.6. The lowest BCUT2D eigenvalue weighted by Gasteiger charge is -2.09. The van der Waals surface area contributed by atoms with Crippen LogP contribution < -0.4 is 5.32 Å². The standard InChI is InChI=1S/C22H18N6OS2/c1-13(2)28-20-15(11-24-28)14(10-17(25-20)19-7-5-9-30-19)21(29)27-22-26-18(12-31-22)16-6-3-4-8-23-16/h3-13H,1-2H3,(H,26,27,29). The highest BCUT2D eigenvalue weighted by atomic mass is 32.1. The average molecular weight is 447 g/mol. The van der Waals surface area contributed by atoms with E-state index in [1.54, 1.807) is 23.7 Å². The number of hydrogen-bond acceptors (Lipinski definition) is 7. The van der Waals surface area contributed by atoms with Crippen molar-refractivity contribution in [3.63, 3.8) is 0 Å². The molecule has 5 aromatic heterocycles. The number of fused-ring (bicyclic) bond motifs is 1. The van der Waals surface area contributed by atoms with Crippen LogP contribution in [0.2, 0.25) is 0 Å². The van der Waals surface area contributed by atoms with Crippen LogP contribution in [-0.2, 0) is 0 Å². The van der Waals surface area contributed by atoms with Gasteiger partial charge in [0, 0.05) is 17.6 Å². The molecular formula is C22H18N6OS2. The number of pyridine rings is 2. The number of thiophene rings is 1. The van der Waals surface area contributed by atoms with E-state index in [1.165, 1.54) is 11.3 Å². The van der Waals surface area contributed by atoms with Crippen LogP contribution >= 0.6 is 22.7 Å². The Kier molecular flexibility index (Phi) is 5.05. The van der Waals surface area contributed by atoms with Gasteiger partial charge in [-0.2, -0.15) is 5.10 Å². The molecule has 7 nitrogen and oxygen atoms in total. The van der Waals surface area contributed by atoms with Gasteiger partial charge >= 0.3 is 0 Å². The summed E-state index contributed by atoms with van der Waals surface area (Å²) in [5, 5.41) is 12.5. The zero-order valence-corrected chi connectivity index (χ0v) is 18.4. The van der Waals surface area contributed by atoms with Gasteiger partial charge in [-0.25, -0.2) is 14.6 Å². The first-order valence-electron chi connectivity index (χ1n) is 9.70. The van der Waals surface area contributed by atoms with E-state index in [2.05, 4.69) is 20.4 Å². The van der Waals surface area contributed by atoms with Crippen molar-refractivity contribution in [2.45, 2.75) is 19.9 Å². The maximum atomic E-state index is 13.3. The summed E-state index contributed by atoms with van der Waals surface area (Å²) in [5.74, 6) is -0.240. The van der Waals surface area contributed by atoms with Gasteiger partial charge in [0.15, 0.2) is 10.8 Å². The smallest absolute Gasteiger partial charge is 0.258 e. The van der Waals surface area contributed by atoms with Crippen LogP contribution in [0.5, 0.6) is 0 Å². The van der Waals surface area contributed by atoms with E-state index in [4.69, 9.17) is 4.98 Å². The highest BCUT2D eigenvalue weighted by molar-refractivity contribution is 7.14. The fourth-order valence-electron chi connectivity index (χ4n) is 3.26. The van der Waals surface area contributed by atoms with E-state index in [1.807, 2.05) is 65.7 Å². The van der Waals surface area contributed by atoms with E-state index < -0.39 is 0 Å². The first kappa shape index (κ1) is 19.5. The minimum absolute atomic E-state index is 0.124. The van der Waals surface area contributed by atoms with Crippen LogP contribution in [0.25, 0.3) is 33.0 Å². The predicted molar refractivity (Wildman–Crippen MR) is 125 cm³/mol.